The van der Waals surface area contributed by atoms with E-state index in [9.17, 15) is 9.59 Å². The molecule has 9 heteroatoms. The van der Waals surface area contributed by atoms with E-state index in [1.165, 1.54) is 12.8 Å². The molecule has 1 saturated carbocycles. The molecule has 0 saturated heterocycles. The molecule has 1 aromatic heterocycles. The van der Waals surface area contributed by atoms with Crippen molar-refractivity contribution in [1.29, 1.82) is 0 Å². The summed E-state index contributed by atoms with van der Waals surface area (Å²) in [7, 11) is 0. The highest BCUT2D eigenvalue weighted by Gasteiger charge is 2.24. The Morgan fingerprint density at radius 3 is 2.38 bits per heavy atom. The number of alkyl carbamates (subject to hydrolysis) is 1. The lowest BCUT2D eigenvalue weighted by molar-refractivity contribution is -0.123. The van der Waals surface area contributed by atoms with Gasteiger partial charge >= 0.3 is 6.09 Å². The minimum Gasteiger partial charge on any atom is -0.490 e. The van der Waals surface area contributed by atoms with Crippen LogP contribution in [-0.4, -0.2) is 39.9 Å². The van der Waals surface area contributed by atoms with E-state index in [0.29, 0.717) is 11.9 Å². The molecule has 1 heterocycles. The zero-order chi connectivity index (χ0) is 23.3. The summed E-state index contributed by atoms with van der Waals surface area (Å²) in [4.78, 5) is 28.6. The van der Waals surface area contributed by atoms with Crippen molar-refractivity contribution < 1.29 is 23.6 Å². The van der Waals surface area contributed by atoms with Gasteiger partial charge in [-0.1, -0.05) is 5.16 Å². The Balaban J connectivity index is 1.54. The fourth-order valence-electron chi connectivity index (χ4n) is 3.36. The molecule has 1 aliphatic carbocycles. The molecular formula is C23H32N4O5. The van der Waals surface area contributed by atoms with Crippen molar-refractivity contribution in [2.24, 2.45) is 0 Å². The van der Waals surface area contributed by atoms with Crippen molar-refractivity contribution in [3.8, 4) is 17.1 Å². The highest BCUT2D eigenvalue weighted by Crippen LogP contribution is 2.26. The Morgan fingerprint density at radius 1 is 1.09 bits per heavy atom. The second kappa shape index (κ2) is 10.0. The van der Waals surface area contributed by atoms with Crippen LogP contribution in [0.3, 0.4) is 0 Å². The highest BCUT2D eigenvalue weighted by molar-refractivity contribution is 5.85. The van der Waals surface area contributed by atoms with Gasteiger partial charge in [-0.2, -0.15) is 4.98 Å². The number of hydrogen-bond donors (Lipinski definition) is 2. The summed E-state index contributed by atoms with van der Waals surface area (Å²) in [5.41, 5.74) is 0.145. The number of carbonyl (C=O) groups is 2. The van der Waals surface area contributed by atoms with Crippen LogP contribution in [0.15, 0.2) is 28.8 Å². The maximum atomic E-state index is 12.4. The van der Waals surface area contributed by atoms with E-state index >= 15 is 0 Å². The molecule has 0 radical (unpaired) electrons. The number of carbonyl (C=O) groups excluding carboxylic acids is 2. The maximum Gasteiger partial charge on any atom is 0.408 e. The average molecular weight is 445 g/mol. The SMILES string of the molecule is C[C@@H](NC(=O)OC(C)(C)C)C(=O)N[C@H](C)c1nc(-c2ccc(OC3CCCC3)cc2)no1. The zero-order valence-electron chi connectivity index (χ0n) is 19.3. The maximum absolute atomic E-state index is 12.4. The smallest absolute Gasteiger partial charge is 0.408 e. The van der Waals surface area contributed by atoms with Gasteiger partial charge in [-0.25, -0.2) is 4.79 Å². The number of nitrogens with one attached hydrogen (secondary N) is 2. The minimum atomic E-state index is -0.790. The molecule has 174 valence electrons. The van der Waals surface area contributed by atoms with E-state index in [2.05, 4.69) is 20.8 Å². The molecule has 2 aromatic rings. The van der Waals surface area contributed by atoms with Crippen LogP contribution in [-0.2, 0) is 9.53 Å². The van der Waals surface area contributed by atoms with Gasteiger partial charge in [0.05, 0.1) is 6.10 Å². The summed E-state index contributed by atoms with van der Waals surface area (Å²) in [5.74, 6) is 1.13. The number of benzene rings is 1. The quantitative estimate of drug-likeness (QED) is 0.659. The molecule has 1 aromatic carbocycles. The van der Waals surface area contributed by atoms with Gasteiger partial charge in [0.25, 0.3) is 0 Å². The van der Waals surface area contributed by atoms with Crippen molar-refractivity contribution in [3.63, 3.8) is 0 Å². The number of aromatic nitrogens is 2. The van der Waals surface area contributed by atoms with Gasteiger partial charge < -0.3 is 24.6 Å². The third-order valence-electron chi connectivity index (χ3n) is 5.01. The minimum absolute atomic E-state index is 0.268. The summed E-state index contributed by atoms with van der Waals surface area (Å²) in [6, 6.07) is 6.25. The van der Waals surface area contributed by atoms with Gasteiger partial charge in [-0.3, -0.25) is 4.79 Å². The van der Waals surface area contributed by atoms with Crippen LogP contribution >= 0.6 is 0 Å². The van der Waals surface area contributed by atoms with Gasteiger partial charge in [0.2, 0.25) is 17.6 Å². The van der Waals surface area contributed by atoms with Crippen molar-refractivity contribution in [2.45, 2.75) is 84.1 Å². The monoisotopic (exact) mass is 444 g/mol. The first-order valence-corrected chi connectivity index (χ1v) is 11.0. The van der Waals surface area contributed by atoms with Crippen LogP contribution in [0.5, 0.6) is 5.75 Å². The molecule has 2 N–H and O–H groups in total. The summed E-state index contributed by atoms with van der Waals surface area (Å²) < 4.78 is 16.5. The molecule has 1 fully saturated rings. The third-order valence-corrected chi connectivity index (χ3v) is 5.01. The van der Waals surface area contributed by atoms with Crippen LogP contribution in [0.2, 0.25) is 0 Å². The van der Waals surface area contributed by atoms with E-state index in [-0.39, 0.29) is 5.89 Å². The normalized spacial score (nSPS) is 16.3. The molecule has 32 heavy (non-hydrogen) atoms. The van der Waals surface area contributed by atoms with E-state index in [1.807, 2.05) is 24.3 Å². The topological polar surface area (TPSA) is 116 Å². The van der Waals surface area contributed by atoms with Gasteiger partial charge in [0.1, 0.15) is 23.4 Å². The van der Waals surface area contributed by atoms with Crippen LogP contribution in [0, 0.1) is 0 Å². The number of ether oxygens (including phenoxy) is 2. The molecule has 0 bridgehead atoms. The first-order valence-electron chi connectivity index (χ1n) is 11.0. The average Bonchev–Trinajstić information content (AvgIpc) is 3.39. The number of nitrogens with zero attached hydrogens (tertiary/aromatic N) is 2. The standard InChI is InChI=1S/C23H32N4O5/c1-14(25-22(29)31-23(3,4)5)20(28)24-15(2)21-26-19(27-32-21)16-10-12-18(13-11-16)30-17-8-6-7-9-17/h10-15,17H,6-9H2,1-5H3,(H,24,28)(H,25,29)/t14-,15-/m1/s1. The predicted molar refractivity (Wildman–Crippen MR) is 118 cm³/mol. The Kier molecular flexibility index (Phi) is 7.37. The lowest BCUT2D eigenvalue weighted by Crippen LogP contribution is -2.47. The fourth-order valence-corrected chi connectivity index (χ4v) is 3.36. The van der Waals surface area contributed by atoms with Crippen molar-refractivity contribution in [3.05, 3.63) is 30.2 Å². The fraction of sp³-hybridized carbons (Fsp3) is 0.565. The Morgan fingerprint density at radius 2 is 1.75 bits per heavy atom. The summed E-state index contributed by atoms with van der Waals surface area (Å²) >= 11 is 0. The number of amides is 2. The second-order valence-electron chi connectivity index (χ2n) is 9.10. The highest BCUT2D eigenvalue weighted by atomic mass is 16.6. The molecule has 1 aliphatic rings. The third kappa shape index (κ3) is 6.70. The molecule has 0 aliphatic heterocycles. The van der Waals surface area contributed by atoms with E-state index in [4.69, 9.17) is 14.0 Å². The lowest BCUT2D eigenvalue weighted by Gasteiger charge is -2.22. The molecule has 0 spiro atoms. The van der Waals surface area contributed by atoms with Crippen molar-refractivity contribution in [2.75, 3.05) is 0 Å². The summed E-state index contributed by atoms with van der Waals surface area (Å²) in [6.07, 6.45) is 4.29. The van der Waals surface area contributed by atoms with Gasteiger partial charge in [-0.05, 0) is 84.6 Å². The molecule has 2 amide bonds. The molecular weight excluding hydrogens is 412 g/mol. The molecule has 9 nitrogen and oxygen atoms in total. The largest absolute Gasteiger partial charge is 0.490 e. The lowest BCUT2D eigenvalue weighted by atomic mass is 10.2. The zero-order valence-corrected chi connectivity index (χ0v) is 19.3. The summed E-state index contributed by atoms with van der Waals surface area (Å²) in [6.45, 7) is 8.56. The van der Waals surface area contributed by atoms with Crippen molar-refractivity contribution >= 4 is 12.0 Å². The van der Waals surface area contributed by atoms with Gasteiger partial charge in [0, 0.05) is 5.56 Å². The van der Waals surface area contributed by atoms with E-state index in [0.717, 1.165) is 24.2 Å². The second-order valence-corrected chi connectivity index (χ2v) is 9.10. The Hall–Kier alpha value is -3.10. The van der Waals surface area contributed by atoms with Crippen LogP contribution in [0.25, 0.3) is 11.4 Å². The van der Waals surface area contributed by atoms with E-state index < -0.39 is 29.7 Å². The van der Waals surface area contributed by atoms with Crippen molar-refractivity contribution in [1.82, 2.24) is 20.8 Å². The summed E-state index contributed by atoms with van der Waals surface area (Å²) in [5, 5.41) is 9.27. The van der Waals surface area contributed by atoms with Crippen LogP contribution in [0.4, 0.5) is 4.79 Å². The predicted octanol–water partition coefficient (Wildman–Crippen LogP) is 4.15. The van der Waals surface area contributed by atoms with Crippen LogP contribution in [0.1, 0.15) is 72.2 Å². The Labute approximate surface area is 188 Å². The van der Waals surface area contributed by atoms with E-state index in [1.54, 1.807) is 34.6 Å². The number of hydrogen-bond acceptors (Lipinski definition) is 7. The first-order chi connectivity index (χ1) is 15.1. The number of rotatable bonds is 7. The van der Waals surface area contributed by atoms with Gasteiger partial charge in [0.15, 0.2) is 0 Å². The molecule has 0 unspecified atom stereocenters. The first kappa shape index (κ1) is 23.6. The molecule has 2 atom stereocenters. The Bertz CT molecular complexity index is 913. The van der Waals surface area contributed by atoms with Gasteiger partial charge in [-0.15, -0.1) is 0 Å². The van der Waals surface area contributed by atoms with Crippen LogP contribution < -0.4 is 15.4 Å². The molecule has 3 rings (SSSR count).